The van der Waals surface area contributed by atoms with Gasteiger partial charge in [0.05, 0.1) is 6.04 Å². The first-order valence-corrected chi connectivity index (χ1v) is 6.84. The second kappa shape index (κ2) is 6.02. The van der Waals surface area contributed by atoms with Crippen molar-refractivity contribution in [3.05, 3.63) is 47.8 Å². The Morgan fingerprint density at radius 1 is 1.18 bits per heavy atom. The summed E-state index contributed by atoms with van der Waals surface area (Å²) in [5.41, 5.74) is 1.62. The zero-order chi connectivity index (χ0) is 15.5. The first-order chi connectivity index (χ1) is 10.6. The molecule has 7 nitrogen and oxygen atoms in total. The normalized spacial score (nSPS) is 12.7. The number of anilines is 1. The summed E-state index contributed by atoms with van der Waals surface area (Å²) in [6.45, 7) is 0.624. The molecule has 0 aliphatic rings. The van der Waals surface area contributed by atoms with Crippen molar-refractivity contribution in [2.45, 2.75) is 6.04 Å². The zero-order valence-corrected chi connectivity index (χ0v) is 12.3. The molecule has 8 heteroatoms. The van der Waals surface area contributed by atoms with Gasteiger partial charge >= 0.3 is 0 Å². The van der Waals surface area contributed by atoms with Crippen LogP contribution in [0.3, 0.4) is 0 Å². The predicted molar refractivity (Wildman–Crippen MR) is 79.9 cm³/mol. The van der Waals surface area contributed by atoms with Crippen molar-refractivity contribution in [2.24, 2.45) is 0 Å². The van der Waals surface area contributed by atoms with Gasteiger partial charge in [-0.1, -0.05) is 12.1 Å². The molecule has 22 heavy (non-hydrogen) atoms. The van der Waals surface area contributed by atoms with Gasteiger partial charge in [0.15, 0.2) is 5.65 Å². The van der Waals surface area contributed by atoms with Gasteiger partial charge in [0.2, 0.25) is 0 Å². The Kier molecular flexibility index (Phi) is 3.92. The number of nitrogens with zero attached hydrogens (tertiary/aromatic N) is 6. The number of aromatic nitrogens is 5. The van der Waals surface area contributed by atoms with Crippen molar-refractivity contribution in [1.82, 2.24) is 30.2 Å². The topological polar surface area (TPSA) is 71.2 Å². The van der Waals surface area contributed by atoms with E-state index in [-0.39, 0.29) is 11.9 Å². The molecule has 0 bridgehead atoms. The molecule has 2 heterocycles. The van der Waals surface area contributed by atoms with E-state index in [9.17, 15) is 4.39 Å². The summed E-state index contributed by atoms with van der Waals surface area (Å²) >= 11 is 0. The summed E-state index contributed by atoms with van der Waals surface area (Å²) in [6.07, 6.45) is 0. The van der Waals surface area contributed by atoms with E-state index < -0.39 is 0 Å². The molecule has 2 aromatic heterocycles. The number of benzene rings is 1. The van der Waals surface area contributed by atoms with E-state index >= 15 is 0 Å². The standard InChI is InChI=1S/C14H16FN7/c1-21(2)12(10-3-5-11(15)6-4-10)9-16-13-7-8-14-17-19-20-22(14)18-13/h3-8,12H,9H2,1-2H3,(H,16,18)/t12-/m1/s1. The monoisotopic (exact) mass is 301 g/mol. The minimum atomic E-state index is -0.236. The molecular formula is C14H16FN7. The van der Waals surface area contributed by atoms with Gasteiger partial charge in [-0.3, -0.25) is 0 Å². The summed E-state index contributed by atoms with van der Waals surface area (Å²) in [5, 5.41) is 18.6. The molecule has 114 valence electrons. The van der Waals surface area contributed by atoms with E-state index in [1.165, 1.54) is 16.8 Å². The van der Waals surface area contributed by atoms with Crippen LogP contribution in [-0.2, 0) is 0 Å². The second-order valence-electron chi connectivity index (χ2n) is 5.16. The Hall–Kier alpha value is -2.61. The summed E-state index contributed by atoms with van der Waals surface area (Å²) in [4.78, 5) is 2.07. The number of halogens is 1. The van der Waals surface area contributed by atoms with Crippen LogP contribution in [0.25, 0.3) is 5.65 Å². The predicted octanol–water partition coefficient (Wildman–Crippen LogP) is 1.37. The van der Waals surface area contributed by atoms with Crippen LogP contribution >= 0.6 is 0 Å². The molecule has 1 N–H and O–H groups in total. The molecule has 1 atom stereocenters. The van der Waals surface area contributed by atoms with Crippen molar-refractivity contribution in [3.8, 4) is 0 Å². The highest BCUT2D eigenvalue weighted by Crippen LogP contribution is 2.19. The number of tetrazole rings is 1. The lowest BCUT2D eigenvalue weighted by atomic mass is 10.1. The first kappa shape index (κ1) is 14.3. The van der Waals surface area contributed by atoms with Crippen LogP contribution in [0, 0.1) is 5.82 Å². The fraction of sp³-hybridized carbons (Fsp3) is 0.286. The van der Waals surface area contributed by atoms with Crippen LogP contribution in [0.5, 0.6) is 0 Å². The van der Waals surface area contributed by atoms with Crippen molar-refractivity contribution < 1.29 is 4.39 Å². The van der Waals surface area contributed by atoms with Crippen LogP contribution in [-0.4, -0.2) is 50.8 Å². The van der Waals surface area contributed by atoms with Crippen molar-refractivity contribution in [2.75, 3.05) is 26.0 Å². The Morgan fingerprint density at radius 3 is 2.68 bits per heavy atom. The van der Waals surface area contributed by atoms with Crippen LogP contribution in [0.1, 0.15) is 11.6 Å². The molecule has 0 amide bonds. The lowest BCUT2D eigenvalue weighted by Crippen LogP contribution is -2.27. The summed E-state index contributed by atoms with van der Waals surface area (Å²) < 4.78 is 14.4. The van der Waals surface area contributed by atoms with Gasteiger partial charge in [0, 0.05) is 6.54 Å². The maximum Gasteiger partial charge on any atom is 0.200 e. The minimum Gasteiger partial charge on any atom is -0.367 e. The van der Waals surface area contributed by atoms with E-state index in [0.717, 1.165) is 5.56 Å². The van der Waals surface area contributed by atoms with Crippen LogP contribution in [0.4, 0.5) is 10.2 Å². The Labute approximate surface area is 126 Å². The third kappa shape index (κ3) is 3.01. The van der Waals surface area contributed by atoms with Gasteiger partial charge in [-0.25, -0.2) is 4.39 Å². The van der Waals surface area contributed by atoms with Gasteiger partial charge in [0.25, 0.3) is 0 Å². The van der Waals surface area contributed by atoms with Gasteiger partial charge in [0.1, 0.15) is 11.6 Å². The third-order valence-corrected chi connectivity index (χ3v) is 3.42. The Balaban J connectivity index is 1.75. The molecule has 0 unspecified atom stereocenters. The molecule has 0 saturated carbocycles. The first-order valence-electron chi connectivity index (χ1n) is 6.84. The van der Waals surface area contributed by atoms with Crippen molar-refractivity contribution in [3.63, 3.8) is 0 Å². The average molecular weight is 301 g/mol. The quantitative estimate of drug-likeness (QED) is 0.767. The molecule has 3 aromatic rings. The number of nitrogens with one attached hydrogen (secondary N) is 1. The highest BCUT2D eigenvalue weighted by atomic mass is 19.1. The van der Waals surface area contributed by atoms with Gasteiger partial charge in [-0.15, -0.1) is 14.8 Å². The molecule has 0 aliphatic heterocycles. The van der Waals surface area contributed by atoms with Crippen LogP contribution in [0.15, 0.2) is 36.4 Å². The average Bonchev–Trinajstić information content (AvgIpc) is 2.96. The number of rotatable bonds is 5. The molecule has 1 aromatic carbocycles. The SMILES string of the molecule is CN(C)[C@H](CNc1ccc2nnnn2n1)c1ccc(F)cc1. The maximum absolute atomic E-state index is 13.1. The maximum atomic E-state index is 13.1. The number of fused-ring (bicyclic) bond motifs is 1. The smallest absolute Gasteiger partial charge is 0.200 e. The second-order valence-corrected chi connectivity index (χ2v) is 5.16. The largest absolute Gasteiger partial charge is 0.367 e. The van der Waals surface area contributed by atoms with E-state index in [1.54, 1.807) is 18.2 Å². The molecule has 0 saturated heterocycles. The number of hydrogen-bond acceptors (Lipinski definition) is 6. The highest BCUT2D eigenvalue weighted by Gasteiger charge is 2.14. The number of hydrogen-bond donors (Lipinski definition) is 1. The highest BCUT2D eigenvalue weighted by molar-refractivity contribution is 5.42. The lowest BCUT2D eigenvalue weighted by molar-refractivity contribution is 0.311. The molecule has 0 radical (unpaired) electrons. The lowest BCUT2D eigenvalue weighted by Gasteiger charge is -2.25. The zero-order valence-electron chi connectivity index (χ0n) is 12.3. The molecular weight excluding hydrogens is 285 g/mol. The molecule has 3 rings (SSSR count). The van der Waals surface area contributed by atoms with Gasteiger partial charge in [-0.05, 0) is 54.4 Å². The molecule has 0 fully saturated rings. The molecule has 0 spiro atoms. The summed E-state index contributed by atoms with van der Waals surface area (Å²) in [6, 6.07) is 10.2. The van der Waals surface area contributed by atoms with Crippen LogP contribution < -0.4 is 5.32 Å². The van der Waals surface area contributed by atoms with Crippen molar-refractivity contribution in [1.29, 1.82) is 0 Å². The fourth-order valence-electron chi connectivity index (χ4n) is 2.23. The fourth-order valence-corrected chi connectivity index (χ4v) is 2.23. The summed E-state index contributed by atoms with van der Waals surface area (Å²) in [5.74, 6) is 0.439. The molecule has 0 aliphatic carbocycles. The third-order valence-electron chi connectivity index (χ3n) is 3.42. The van der Waals surface area contributed by atoms with Crippen LogP contribution in [0.2, 0.25) is 0 Å². The minimum absolute atomic E-state index is 0.0898. The number of likely N-dealkylation sites (N-methyl/N-ethyl adjacent to an activating group) is 1. The van der Waals surface area contributed by atoms with E-state index in [2.05, 4.69) is 30.8 Å². The van der Waals surface area contributed by atoms with Crippen molar-refractivity contribution >= 4 is 11.5 Å². The Morgan fingerprint density at radius 2 is 1.95 bits per heavy atom. The van der Waals surface area contributed by atoms with E-state index in [0.29, 0.717) is 18.0 Å². The van der Waals surface area contributed by atoms with Gasteiger partial charge < -0.3 is 10.2 Å². The van der Waals surface area contributed by atoms with E-state index in [4.69, 9.17) is 0 Å². The Bertz CT molecular complexity index is 753. The van der Waals surface area contributed by atoms with Gasteiger partial charge in [-0.2, -0.15) is 0 Å². The van der Waals surface area contributed by atoms with E-state index in [1.807, 2.05) is 20.2 Å². The summed E-state index contributed by atoms with van der Waals surface area (Å²) in [7, 11) is 3.96.